The summed E-state index contributed by atoms with van der Waals surface area (Å²) in [4.78, 5) is 0. The van der Waals surface area contributed by atoms with Crippen LogP contribution in [0.25, 0.3) is 5.69 Å². The Hall–Kier alpha value is -1.88. The van der Waals surface area contributed by atoms with E-state index in [2.05, 4.69) is 5.10 Å². The van der Waals surface area contributed by atoms with Gasteiger partial charge in [0.2, 0.25) is 12.5 Å². The molecule has 0 atom stereocenters. The molecular weight excluding hydrogens is 230 g/mol. The van der Waals surface area contributed by atoms with Gasteiger partial charge in [0, 0.05) is 0 Å². The zero-order valence-electron chi connectivity index (χ0n) is 8.18. The monoisotopic (exact) mass is 237 g/mol. The highest BCUT2D eigenvalue weighted by molar-refractivity contribution is 6.32. The molecule has 0 unspecified atom stereocenters. The first-order valence-electron chi connectivity index (χ1n) is 4.66. The lowest BCUT2D eigenvalue weighted by molar-refractivity contribution is 0.166. The molecule has 16 heavy (non-hydrogen) atoms. The number of hydrogen-bond acceptors (Lipinski definition) is 4. The van der Waals surface area contributed by atoms with Gasteiger partial charge in [-0.3, -0.25) is 0 Å². The molecule has 0 aliphatic carbocycles. The van der Waals surface area contributed by atoms with Crippen molar-refractivity contribution in [2.75, 3.05) is 12.5 Å². The van der Waals surface area contributed by atoms with Gasteiger partial charge in [-0.25, -0.2) is 0 Å². The molecule has 82 valence electrons. The van der Waals surface area contributed by atoms with Gasteiger partial charge in [0.25, 0.3) is 5.88 Å². The fourth-order valence-corrected chi connectivity index (χ4v) is 1.81. The van der Waals surface area contributed by atoms with Gasteiger partial charge < -0.3 is 15.2 Å². The van der Waals surface area contributed by atoms with E-state index in [-0.39, 0.29) is 6.79 Å². The molecule has 3 rings (SSSR count). The second-order valence-electron chi connectivity index (χ2n) is 3.29. The number of ether oxygens (including phenoxy) is 2. The molecular formula is C10H8ClN3O2. The quantitative estimate of drug-likeness (QED) is 0.822. The van der Waals surface area contributed by atoms with E-state index in [0.717, 1.165) is 0 Å². The molecule has 1 aliphatic heterocycles. The average Bonchev–Trinajstić information content (AvgIpc) is 2.84. The van der Waals surface area contributed by atoms with Crippen LogP contribution in [0.3, 0.4) is 0 Å². The van der Waals surface area contributed by atoms with Gasteiger partial charge in [0.1, 0.15) is 0 Å². The first-order chi connectivity index (χ1) is 7.77. The highest BCUT2D eigenvalue weighted by Gasteiger charge is 2.26. The predicted molar refractivity (Wildman–Crippen MR) is 59.1 cm³/mol. The number of para-hydroxylation sites is 1. The lowest BCUT2D eigenvalue weighted by atomic mass is 10.3. The van der Waals surface area contributed by atoms with E-state index in [1.54, 1.807) is 10.7 Å². The van der Waals surface area contributed by atoms with Crippen LogP contribution in [-0.2, 0) is 0 Å². The standard InChI is InChI=1S/C10H8ClN3O2/c11-6-3-1-2-4-7(6)14-10-8(9(12)13-14)15-5-16-10/h1-4H,5H2,(H2,12,13). The highest BCUT2D eigenvalue weighted by atomic mass is 35.5. The first kappa shape index (κ1) is 9.35. The van der Waals surface area contributed by atoms with Crippen LogP contribution in [0.2, 0.25) is 5.02 Å². The average molecular weight is 238 g/mol. The molecule has 0 bridgehead atoms. The van der Waals surface area contributed by atoms with Crippen molar-refractivity contribution < 1.29 is 9.47 Å². The minimum atomic E-state index is 0.155. The largest absolute Gasteiger partial charge is 0.448 e. The molecule has 0 radical (unpaired) electrons. The molecule has 0 saturated heterocycles. The summed E-state index contributed by atoms with van der Waals surface area (Å²) in [6.07, 6.45) is 0. The predicted octanol–water partition coefficient (Wildman–Crippen LogP) is 1.84. The Morgan fingerprint density at radius 2 is 2.12 bits per heavy atom. The van der Waals surface area contributed by atoms with Gasteiger partial charge in [-0.05, 0) is 12.1 Å². The van der Waals surface area contributed by atoms with Crippen LogP contribution in [0.15, 0.2) is 24.3 Å². The summed E-state index contributed by atoms with van der Waals surface area (Å²) in [5.74, 6) is 1.26. The third-order valence-corrected chi connectivity index (χ3v) is 2.63. The van der Waals surface area contributed by atoms with Gasteiger partial charge in [-0.1, -0.05) is 23.7 Å². The SMILES string of the molecule is Nc1nn(-c2ccccc2Cl)c2c1OCO2. The number of aromatic nitrogens is 2. The van der Waals surface area contributed by atoms with E-state index >= 15 is 0 Å². The number of benzene rings is 1. The maximum atomic E-state index is 6.07. The first-order valence-corrected chi connectivity index (χ1v) is 5.04. The fraction of sp³-hybridized carbons (Fsp3) is 0.100. The van der Waals surface area contributed by atoms with E-state index < -0.39 is 0 Å². The normalized spacial score (nSPS) is 13.1. The third kappa shape index (κ3) is 1.22. The van der Waals surface area contributed by atoms with Gasteiger partial charge >= 0.3 is 0 Å². The topological polar surface area (TPSA) is 62.3 Å². The Morgan fingerprint density at radius 3 is 2.94 bits per heavy atom. The van der Waals surface area contributed by atoms with Crippen molar-refractivity contribution in [3.05, 3.63) is 29.3 Å². The summed E-state index contributed by atoms with van der Waals surface area (Å²) in [6, 6.07) is 7.31. The van der Waals surface area contributed by atoms with Gasteiger partial charge in [-0.15, -0.1) is 5.10 Å². The van der Waals surface area contributed by atoms with E-state index in [4.69, 9.17) is 26.8 Å². The van der Waals surface area contributed by atoms with Crippen LogP contribution in [0.4, 0.5) is 5.82 Å². The molecule has 2 aromatic rings. The van der Waals surface area contributed by atoms with E-state index in [0.29, 0.717) is 28.2 Å². The Labute approximate surface area is 96.3 Å². The summed E-state index contributed by atoms with van der Waals surface area (Å²) in [5.41, 5.74) is 6.41. The molecule has 6 heteroatoms. The number of anilines is 1. The summed E-state index contributed by atoms with van der Waals surface area (Å²) < 4.78 is 12.0. The zero-order chi connectivity index (χ0) is 11.1. The van der Waals surface area contributed by atoms with Crippen molar-refractivity contribution in [1.29, 1.82) is 0 Å². The van der Waals surface area contributed by atoms with E-state index in [9.17, 15) is 0 Å². The molecule has 1 aromatic carbocycles. The maximum Gasteiger partial charge on any atom is 0.266 e. The molecule has 0 amide bonds. The summed E-state index contributed by atoms with van der Waals surface area (Å²) in [6.45, 7) is 0.155. The maximum absolute atomic E-state index is 6.07. The molecule has 1 aliphatic rings. The molecule has 0 fully saturated rings. The lowest BCUT2D eigenvalue weighted by Gasteiger charge is -2.05. The van der Waals surface area contributed by atoms with Crippen molar-refractivity contribution in [3.63, 3.8) is 0 Å². The van der Waals surface area contributed by atoms with Gasteiger partial charge in [0.15, 0.2) is 5.82 Å². The molecule has 2 N–H and O–H groups in total. The van der Waals surface area contributed by atoms with Crippen LogP contribution in [0, 0.1) is 0 Å². The van der Waals surface area contributed by atoms with Gasteiger partial charge in [-0.2, -0.15) is 4.68 Å². The molecule has 5 nitrogen and oxygen atoms in total. The Morgan fingerprint density at radius 1 is 1.31 bits per heavy atom. The summed E-state index contributed by atoms with van der Waals surface area (Å²) in [7, 11) is 0. The zero-order valence-corrected chi connectivity index (χ0v) is 8.94. The van der Waals surface area contributed by atoms with Crippen LogP contribution >= 0.6 is 11.6 Å². The lowest BCUT2D eigenvalue weighted by Crippen LogP contribution is -2.04. The second kappa shape index (κ2) is 3.31. The highest BCUT2D eigenvalue weighted by Crippen LogP contribution is 2.40. The van der Waals surface area contributed by atoms with Crippen molar-refractivity contribution in [2.45, 2.75) is 0 Å². The van der Waals surface area contributed by atoms with Crippen molar-refractivity contribution in [2.24, 2.45) is 0 Å². The van der Waals surface area contributed by atoms with Crippen LogP contribution in [0.5, 0.6) is 11.6 Å². The second-order valence-corrected chi connectivity index (χ2v) is 3.70. The van der Waals surface area contributed by atoms with Crippen molar-refractivity contribution in [1.82, 2.24) is 9.78 Å². The number of rotatable bonds is 1. The molecule has 2 heterocycles. The summed E-state index contributed by atoms with van der Waals surface area (Å²) in [5, 5.41) is 4.70. The minimum Gasteiger partial charge on any atom is -0.448 e. The number of nitrogens with two attached hydrogens (primary N) is 1. The van der Waals surface area contributed by atoms with Crippen molar-refractivity contribution >= 4 is 17.4 Å². The smallest absolute Gasteiger partial charge is 0.266 e. The number of nitrogens with zero attached hydrogens (tertiary/aromatic N) is 2. The number of nitrogen functional groups attached to an aromatic ring is 1. The third-order valence-electron chi connectivity index (χ3n) is 2.31. The van der Waals surface area contributed by atoms with Gasteiger partial charge in [0.05, 0.1) is 10.7 Å². The molecule has 1 aromatic heterocycles. The van der Waals surface area contributed by atoms with Crippen LogP contribution in [0.1, 0.15) is 0 Å². The Balaban J connectivity index is 2.21. The van der Waals surface area contributed by atoms with E-state index in [1.165, 1.54) is 0 Å². The Bertz CT molecular complexity index is 553. The number of hydrogen-bond donors (Lipinski definition) is 1. The van der Waals surface area contributed by atoms with Crippen molar-refractivity contribution in [3.8, 4) is 17.3 Å². The minimum absolute atomic E-state index is 0.155. The fourth-order valence-electron chi connectivity index (χ4n) is 1.60. The number of fused-ring (bicyclic) bond motifs is 1. The van der Waals surface area contributed by atoms with Crippen LogP contribution < -0.4 is 15.2 Å². The van der Waals surface area contributed by atoms with E-state index in [1.807, 2.05) is 18.2 Å². The number of halogens is 1. The van der Waals surface area contributed by atoms with Crippen LogP contribution in [-0.4, -0.2) is 16.6 Å². The molecule has 0 spiro atoms. The Kier molecular flexibility index (Phi) is 1.94. The summed E-state index contributed by atoms with van der Waals surface area (Å²) >= 11 is 6.07. The molecule has 0 saturated carbocycles.